The highest BCUT2D eigenvalue weighted by molar-refractivity contribution is 5.76. The van der Waals surface area contributed by atoms with Gasteiger partial charge in [-0.1, -0.05) is 0 Å². The number of hydrogen-bond donors (Lipinski definition) is 1. The van der Waals surface area contributed by atoms with Gasteiger partial charge >= 0.3 is 0 Å². The first-order valence-electron chi connectivity index (χ1n) is 3.19. The predicted molar refractivity (Wildman–Crippen MR) is 41.7 cm³/mol. The van der Waals surface area contributed by atoms with E-state index in [0.717, 1.165) is 11.0 Å². The summed E-state index contributed by atoms with van der Waals surface area (Å²) in [4.78, 5) is 3.99. The monoisotopic (exact) mass is 146 g/mol. The SMILES string of the molecule is Nc1ccc2ncnnc2c1. The summed E-state index contributed by atoms with van der Waals surface area (Å²) in [6, 6.07) is 5.35. The van der Waals surface area contributed by atoms with Crippen molar-refractivity contribution >= 4 is 16.7 Å². The molecule has 0 aliphatic rings. The van der Waals surface area contributed by atoms with Crippen LogP contribution in [0.3, 0.4) is 0 Å². The smallest absolute Gasteiger partial charge is 0.138 e. The summed E-state index contributed by atoms with van der Waals surface area (Å²) in [7, 11) is 0. The number of anilines is 1. The van der Waals surface area contributed by atoms with E-state index in [4.69, 9.17) is 5.73 Å². The van der Waals surface area contributed by atoms with E-state index in [1.54, 1.807) is 12.1 Å². The lowest BCUT2D eigenvalue weighted by atomic mass is 10.3. The van der Waals surface area contributed by atoms with Crippen molar-refractivity contribution in [3.8, 4) is 0 Å². The summed E-state index contributed by atoms with van der Waals surface area (Å²) in [5.74, 6) is 0. The van der Waals surface area contributed by atoms with Gasteiger partial charge in [-0.25, -0.2) is 4.98 Å². The van der Waals surface area contributed by atoms with Crippen molar-refractivity contribution in [2.24, 2.45) is 0 Å². The molecular weight excluding hydrogens is 140 g/mol. The Kier molecular flexibility index (Phi) is 1.18. The normalized spacial score (nSPS) is 10.2. The van der Waals surface area contributed by atoms with Crippen molar-refractivity contribution in [2.45, 2.75) is 0 Å². The van der Waals surface area contributed by atoms with Crippen LogP contribution >= 0.6 is 0 Å². The van der Waals surface area contributed by atoms with Crippen molar-refractivity contribution in [3.05, 3.63) is 24.5 Å². The van der Waals surface area contributed by atoms with Crippen molar-refractivity contribution in [3.63, 3.8) is 0 Å². The molecule has 0 saturated heterocycles. The zero-order valence-electron chi connectivity index (χ0n) is 5.73. The summed E-state index contributed by atoms with van der Waals surface area (Å²) in [5, 5.41) is 7.49. The first-order chi connectivity index (χ1) is 5.36. The highest BCUT2D eigenvalue weighted by Crippen LogP contribution is 2.10. The highest BCUT2D eigenvalue weighted by Gasteiger charge is 1.93. The standard InChI is InChI=1S/C7H6N4/c8-5-1-2-6-7(3-5)11-10-4-9-6/h1-4H,8H2. The van der Waals surface area contributed by atoms with E-state index >= 15 is 0 Å². The molecule has 0 radical (unpaired) electrons. The maximum absolute atomic E-state index is 5.53. The number of nitrogens with zero attached hydrogens (tertiary/aromatic N) is 3. The number of benzene rings is 1. The van der Waals surface area contributed by atoms with E-state index in [-0.39, 0.29) is 0 Å². The average Bonchev–Trinajstić information content (AvgIpc) is 2.04. The second-order valence-corrected chi connectivity index (χ2v) is 2.21. The summed E-state index contributed by atoms with van der Waals surface area (Å²) < 4.78 is 0. The van der Waals surface area contributed by atoms with Crippen molar-refractivity contribution in [1.82, 2.24) is 15.2 Å². The van der Waals surface area contributed by atoms with Gasteiger partial charge in [0.05, 0.1) is 5.52 Å². The second kappa shape index (κ2) is 2.16. The molecule has 54 valence electrons. The molecule has 0 atom stereocenters. The van der Waals surface area contributed by atoms with Gasteiger partial charge in [-0.15, -0.1) is 10.2 Å². The molecule has 1 aromatic carbocycles. The fourth-order valence-corrected chi connectivity index (χ4v) is 0.906. The molecule has 11 heavy (non-hydrogen) atoms. The molecule has 4 heteroatoms. The number of nitrogen functional groups attached to an aromatic ring is 1. The number of fused-ring (bicyclic) bond motifs is 1. The molecule has 1 aromatic heterocycles. The van der Waals surface area contributed by atoms with Gasteiger partial charge in [-0.2, -0.15) is 0 Å². The van der Waals surface area contributed by atoms with E-state index in [0.29, 0.717) is 5.69 Å². The maximum atomic E-state index is 5.53. The Morgan fingerprint density at radius 1 is 1.18 bits per heavy atom. The van der Waals surface area contributed by atoms with Crippen LogP contribution in [-0.4, -0.2) is 15.2 Å². The van der Waals surface area contributed by atoms with Crippen LogP contribution in [0.1, 0.15) is 0 Å². The number of rotatable bonds is 0. The Hall–Kier alpha value is -1.71. The van der Waals surface area contributed by atoms with E-state index in [2.05, 4.69) is 15.2 Å². The quantitative estimate of drug-likeness (QED) is 0.553. The van der Waals surface area contributed by atoms with Crippen LogP contribution in [0.15, 0.2) is 24.5 Å². The second-order valence-electron chi connectivity index (χ2n) is 2.21. The van der Waals surface area contributed by atoms with E-state index in [9.17, 15) is 0 Å². The molecule has 1 heterocycles. The van der Waals surface area contributed by atoms with Crippen molar-refractivity contribution in [2.75, 3.05) is 5.73 Å². The largest absolute Gasteiger partial charge is 0.399 e. The minimum atomic E-state index is 0.680. The lowest BCUT2D eigenvalue weighted by molar-refractivity contribution is 1.02. The van der Waals surface area contributed by atoms with E-state index < -0.39 is 0 Å². The third-order valence-corrected chi connectivity index (χ3v) is 1.41. The molecule has 0 spiro atoms. The fraction of sp³-hybridized carbons (Fsp3) is 0. The molecule has 2 N–H and O–H groups in total. The predicted octanol–water partition coefficient (Wildman–Crippen LogP) is 0.607. The summed E-state index contributed by atoms with van der Waals surface area (Å²) >= 11 is 0. The molecule has 0 amide bonds. The van der Waals surface area contributed by atoms with Crippen LogP contribution in [0.5, 0.6) is 0 Å². The van der Waals surface area contributed by atoms with Crippen LogP contribution in [0.4, 0.5) is 5.69 Å². The van der Waals surface area contributed by atoms with Gasteiger partial charge in [0.25, 0.3) is 0 Å². The maximum Gasteiger partial charge on any atom is 0.138 e. The van der Waals surface area contributed by atoms with Crippen LogP contribution in [0.2, 0.25) is 0 Å². The molecule has 0 bridgehead atoms. The molecule has 2 rings (SSSR count). The van der Waals surface area contributed by atoms with Crippen LogP contribution in [-0.2, 0) is 0 Å². The van der Waals surface area contributed by atoms with Crippen LogP contribution in [0, 0.1) is 0 Å². The zero-order chi connectivity index (χ0) is 7.68. The van der Waals surface area contributed by atoms with Crippen molar-refractivity contribution < 1.29 is 0 Å². The Balaban J connectivity index is 2.83. The van der Waals surface area contributed by atoms with Crippen molar-refractivity contribution in [1.29, 1.82) is 0 Å². The Bertz CT molecular complexity index is 385. The number of nitrogens with two attached hydrogens (primary N) is 1. The molecule has 0 saturated carbocycles. The van der Waals surface area contributed by atoms with Gasteiger partial charge in [0.1, 0.15) is 11.8 Å². The fourth-order valence-electron chi connectivity index (χ4n) is 0.906. The molecule has 0 fully saturated rings. The first kappa shape index (κ1) is 6.03. The molecule has 0 aliphatic carbocycles. The minimum Gasteiger partial charge on any atom is -0.399 e. The molecule has 0 aliphatic heterocycles. The van der Waals surface area contributed by atoms with E-state index in [1.807, 2.05) is 6.07 Å². The van der Waals surface area contributed by atoms with Gasteiger partial charge in [0.15, 0.2) is 0 Å². The Morgan fingerprint density at radius 3 is 3.00 bits per heavy atom. The summed E-state index contributed by atoms with van der Waals surface area (Å²) in [5.41, 5.74) is 7.75. The van der Waals surface area contributed by atoms with Crippen LogP contribution in [0.25, 0.3) is 11.0 Å². The van der Waals surface area contributed by atoms with Gasteiger partial charge < -0.3 is 5.73 Å². The van der Waals surface area contributed by atoms with E-state index in [1.165, 1.54) is 6.33 Å². The van der Waals surface area contributed by atoms with Gasteiger partial charge in [0, 0.05) is 5.69 Å². The molecule has 0 unspecified atom stereocenters. The first-order valence-corrected chi connectivity index (χ1v) is 3.19. The van der Waals surface area contributed by atoms with Crippen LogP contribution < -0.4 is 5.73 Å². The average molecular weight is 146 g/mol. The Labute approximate surface area is 63.1 Å². The molecular formula is C7H6N4. The summed E-state index contributed by atoms with van der Waals surface area (Å²) in [6.07, 6.45) is 1.42. The lowest BCUT2D eigenvalue weighted by Crippen LogP contribution is -1.89. The van der Waals surface area contributed by atoms with Gasteiger partial charge in [-0.05, 0) is 18.2 Å². The number of aromatic nitrogens is 3. The molecule has 2 aromatic rings. The third-order valence-electron chi connectivity index (χ3n) is 1.41. The van der Waals surface area contributed by atoms with Gasteiger partial charge in [0.2, 0.25) is 0 Å². The van der Waals surface area contributed by atoms with Gasteiger partial charge in [-0.3, -0.25) is 0 Å². The lowest BCUT2D eigenvalue weighted by Gasteiger charge is -1.94. The topological polar surface area (TPSA) is 64.7 Å². The number of hydrogen-bond acceptors (Lipinski definition) is 4. The zero-order valence-corrected chi connectivity index (χ0v) is 5.73. The molecule has 4 nitrogen and oxygen atoms in total. The minimum absolute atomic E-state index is 0.680. The Morgan fingerprint density at radius 2 is 2.09 bits per heavy atom. The third kappa shape index (κ3) is 0.980. The highest BCUT2D eigenvalue weighted by atomic mass is 15.1. The summed E-state index contributed by atoms with van der Waals surface area (Å²) in [6.45, 7) is 0.